The highest BCUT2D eigenvalue weighted by molar-refractivity contribution is 7.45. The maximum absolute atomic E-state index is 13.5. The molecule has 404 valence electrons. The van der Waals surface area contributed by atoms with Gasteiger partial charge in [-0.15, -0.1) is 0 Å². The molecule has 0 saturated carbocycles. The maximum Gasteiger partial charge on any atom is 0.306 e. The van der Waals surface area contributed by atoms with E-state index in [1.807, 2.05) is 33.3 Å². The zero-order valence-corrected chi connectivity index (χ0v) is 46.8. The first-order valence-electron chi connectivity index (χ1n) is 28.4. The molecule has 0 aromatic heterocycles. The number of allylic oxidation sites excluding steroid dienone is 13. The van der Waals surface area contributed by atoms with E-state index in [0.717, 1.165) is 122 Å². The van der Waals surface area contributed by atoms with Crippen LogP contribution in [-0.4, -0.2) is 69.4 Å². The van der Waals surface area contributed by atoms with Gasteiger partial charge in [-0.05, 0) is 96.0 Å². The van der Waals surface area contributed by atoms with Crippen molar-refractivity contribution in [3.8, 4) is 0 Å². The summed E-state index contributed by atoms with van der Waals surface area (Å²) >= 11 is 0. The molecule has 0 radical (unpaired) electrons. The predicted octanol–water partition coefficient (Wildman–Crippen LogP) is 16.4. The third-order valence-corrected chi connectivity index (χ3v) is 13.0. The van der Waals surface area contributed by atoms with Gasteiger partial charge in [0.25, 0.3) is 7.82 Å². The molecule has 0 spiro atoms. The Kier molecular flexibility index (Phi) is 47.8. The van der Waals surface area contributed by atoms with E-state index in [1.165, 1.54) is 64.2 Å². The fourth-order valence-electron chi connectivity index (χ4n) is 7.65. The zero-order chi connectivity index (χ0) is 51.5. The summed E-state index contributed by atoms with van der Waals surface area (Å²) in [7, 11) is 1.15. The molecule has 0 fully saturated rings. The van der Waals surface area contributed by atoms with Crippen molar-refractivity contribution in [2.75, 3.05) is 40.9 Å². The molecule has 0 aliphatic carbocycles. The molecule has 0 heterocycles. The van der Waals surface area contributed by atoms with Crippen LogP contribution in [0.4, 0.5) is 0 Å². The Morgan fingerprint density at radius 1 is 0.514 bits per heavy atom. The number of amides is 1. The molecule has 0 saturated heterocycles. The topological polar surface area (TPSA) is 114 Å². The number of ether oxygens (including phenoxy) is 1. The molecule has 9 nitrogen and oxygen atoms in total. The van der Waals surface area contributed by atoms with E-state index >= 15 is 0 Å². The molecule has 0 rings (SSSR count). The van der Waals surface area contributed by atoms with Crippen LogP contribution in [0, 0.1) is 0 Å². The maximum atomic E-state index is 13.5. The van der Waals surface area contributed by atoms with Crippen LogP contribution < -0.4 is 10.2 Å². The molecule has 3 atom stereocenters. The Morgan fingerprint density at radius 2 is 0.929 bits per heavy atom. The second-order valence-electron chi connectivity index (χ2n) is 20.1. The van der Waals surface area contributed by atoms with Crippen LogP contribution in [-0.2, 0) is 27.9 Å². The molecule has 0 aromatic carbocycles. The average Bonchev–Trinajstić information content (AvgIpc) is 3.32. The van der Waals surface area contributed by atoms with Crippen molar-refractivity contribution >= 4 is 19.7 Å². The highest BCUT2D eigenvalue weighted by atomic mass is 31.2. The minimum atomic E-state index is -4.70. The van der Waals surface area contributed by atoms with Crippen molar-refractivity contribution < 1.29 is 37.3 Å². The van der Waals surface area contributed by atoms with Gasteiger partial charge in [-0.2, -0.15) is 0 Å². The first-order valence-corrected chi connectivity index (χ1v) is 29.9. The molecule has 1 amide bonds. The Morgan fingerprint density at radius 3 is 1.43 bits per heavy atom. The largest absolute Gasteiger partial charge is 0.756 e. The van der Waals surface area contributed by atoms with Gasteiger partial charge in [-0.25, -0.2) is 0 Å². The number of nitrogens with one attached hydrogen (secondary N) is 1. The van der Waals surface area contributed by atoms with Gasteiger partial charge in [0.2, 0.25) is 5.91 Å². The van der Waals surface area contributed by atoms with Crippen LogP contribution in [0.5, 0.6) is 0 Å². The van der Waals surface area contributed by atoms with E-state index in [4.69, 9.17) is 13.8 Å². The number of carbonyl (C=O) groups excluding carboxylic acids is 2. The van der Waals surface area contributed by atoms with E-state index in [-0.39, 0.29) is 31.3 Å². The zero-order valence-electron chi connectivity index (χ0n) is 45.9. The van der Waals surface area contributed by atoms with E-state index in [0.29, 0.717) is 23.9 Å². The quantitative estimate of drug-likeness (QED) is 0.0212. The molecule has 70 heavy (non-hydrogen) atoms. The third kappa shape index (κ3) is 50.1. The first kappa shape index (κ1) is 67.2. The van der Waals surface area contributed by atoms with Crippen molar-refractivity contribution in [1.29, 1.82) is 0 Å². The lowest BCUT2D eigenvalue weighted by atomic mass is 10.0. The van der Waals surface area contributed by atoms with Crippen molar-refractivity contribution in [2.24, 2.45) is 0 Å². The summed E-state index contributed by atoms with van der Waals surface area (Å²) in [4.78, 5) is 39.8. The number of nitrogens with zero attached hydrogens (tertiary/aromatic N) is 1. The molecule has 0 bridgehead atoms. The molecule has 10 heteroatoms. The number of rotatable bonds is 50. The highest BCUT2D eigenvalue weighted by Crippen LogP contribution is 2.38. The lowest BCUT2D eigenvalue weighted by molar-refractivity contribution is -0.870. The minimum Gasteiger partial charge on any atom is -0.756 e. The molecule has 3 unspecified atom stereocenters. The summed E-state index contributed by atoms with van der Waals surface area (Å²) in [5, 5.41) is 3.00. The van der Waals surface area contributed by atoms with Crippen LogP contribution in [0.2, 0.25) is 0 Å². The number of unbranched alkanes of at least 4 members (excludes halogenated alkanes) is 22. The fourth-order valence-corrected chi connectivity index (χ4v) is 8.37. The second kappa shape index (κ2) is 49.8. The van der Waals surface area contributed by atoms with Crippen LogP contribution in [0.15, 0.2) is 85.1 Å². The third-order valence-electron chi connectivity index (χ3n) is 12.1. The normalized spacial score (nSPS) is 14.4. The number of quaternary nitrogens is 1. The predicted molar refractivity (Wildman–Crippen MR) is 298 cm³/mol. The Hall–Kier alpha value is -2.81. The standard InChI is InChI=1S/C60H107N2O7P/c1-7-10-13-16-19-22-25-27-28-29-30-31-32-33-34-35-38-40-43-46-49-52-59(63)61-57(56-68-70(65,66)67-55-54-62(4,5)6)58(51-48-45-42-39-37-26-23-20-17-14-11-8-2)69-60(64)53-50-47-44-41-36-24-21-18-15-12-9-3/h10,13,18-19,21-22,27-28,30-31,33-34,48,51,57-58H,7-9,11-12,14-17,20,23-26,29,32,35-47,49-50,52-56H2,1-6H3,(H-,61,63,65,66)/b13-10-,21-18-,22-19-,28-27-,31-30-,34-33-,51-48-. The summed E-state index contributed by atoms with van der Waals surface area (Å²) in [5.74, 6) is -0.579. The number of esters is 1. The van der Waals surface area contributed by atoms with Gasteiger partial charge in [0.15, 0.2) is 0 Å². The number of phosphoric ester groups is 1. The smallest absolute Gasteiger partial charge is 0.306 e. The van der Waals surface area contributed by atoms with E-state index in [9.17, 15) is 19.0 Å². The van der Waals surface area contributed by atoms with E-state index in [2.05, 4.69) is 99.0 Å². The summed E-state index contributed by atoms with van der Waals surface area (Å²) in [5.41, 5.74) is 0. The number of phosphoric acid groups is 1. The fraction of sp³-hybridized carbons (Fsp3) is 0.733. The van der Waals surface area contributed by atoms with Gasteiger partial charge in [-0.1, -0.05) is 209 Å². The van der Waals surface area contributed by atoms with Crippen molar-refractivity contribution in [3.05, 3.63) is 85.1 Å². The van der Waals surface area contributed by atoms with Crippen LogP contribution in [0.1, 0.15) is 233 Å². The minimum absolute atomic E-state index is 0.0313. The van der Waals surface area contributed by atoms with Gasteiger partial charge in [0.1, 0.15) is 19.3 Å². The van der Waals surface area contributed by atoms with Crippen molar-refractivity contribution in [1.82, 2.24) is 5.32 Å². The lowest BCUT2D eigenvalue weighted by Gasteiger charge is -2.30. The monoisotopic (exact) mass is 999 g/mol. The van der Waals surface area contributed by atoms with Gasteiger partial charge in [-0.3, -0.25) is 14.2 Å². The van der Waals surface area contributed by atoms with Crippen molar-refractivity contribution in [3.63, 3.8) is 0 Å². The summed E-state index contributed by atoms with van der Waals surface area (Å²) in [6.45, 7) is 6.65. The Bertz CT molecular complexity index is 1480. The van der Waals surface area contributed by atoms with Gasteiger partial charge >= 0.3 is 5.97 Å². The van der Waals surface area contributed by atoms with Gasteiger partial charge in [0, 0.05) is 12.8 Å². The lowest BCUT2D eigenvalue weighted by Crippen LogP contribution is -2.47. The summed E-state index contributed by atoms with van der Waals surface area (Å²) in [6, 6.07) is -0.904. The highest BCUT2D eigenvalue weighted by Gasteiger charge is 2.27. The second-order valence-corrected chi connectivity index (χ2v) is 21.5. The molecule has 0 aliphatic heterocycles. The molecule has 0 aromatic rings. The number of hydrogen-bond donors (Lipinski definition) is 1. The van der Waals surface area contributed by atoms with Crippen LogP contribution >= 0.6 is 7.82 Å². The van der Waals surface area contributed by atoms with Gasteiger partial charge in [0.05, 0.1) is 33.8 Å². The number of carbonyl (C=O) groups is 2. The van der Waals surface area contributed by atoms with E-state index < -0.39 is 26.6 Å². The Balaban J connectivity index is 5.33. The number of hydrogen-bond acceptors (Lipinski definition) is 7. The average molecular weight is 999 g/mol. The first-order chi connectivity index (χ1) is 33.9. The molecule has 1 N–H and O–H groups in total. The van der Waals surface area contributed by atoms with Crippen molar-refractivity contribution in [2.45, 2.75) is 245 Å². The van der Waals surface area contributed by atoms with Gasteiger partial charge < -0.3 is 28.5 Å². The summed E-state index contributed by atoms with van der Waals surface area (Å²) < 4.78 is 30.2. The molecule has 0 aliphatic rings. The van der Waals surface area contributed by atoms with E-state index in [1.54, 1.807) is 0 Å². The molecular formula is C60H107N2O7P. The van der Waals surface area contributed by atoms with Crippen LogP contribution in [0.25, 0.3) is 0 Å². The summed E-state index contributed by atoms with van der Waals surface area (Å²) in [6.07, 6.45) is 64.0. The van der Waals surface area contributed by atoms with Crippen LogP contribution in [0.3, 0.4) is 0 Å². The Labute approximate surface area is 431 Å². The molecular weight excluding hydrogens is 892 g/mol. The SMILES string of the molecule is CC/C=C\C/C=C\C/C=C\C/C=C\C/C=C\CCCCCCCC(=O)NC(COP(=O)([O-])OCC[N+](C)(C)C)C(/C=C\CCCCCCCCCCCC)OC(=O)CCCCCCC/C=C\CCCC. The number of likely N-dealkylation sites (N-methyl/N-ethyl adjacent to an activating group) is 1.